The Labute approximate surface area is 194 Å². The van der Waals surface area contributed by atoms with Crippen molar-refractivity contribution in [2.45, 2.75) is 37.6 Å². The molecule has 0 fully saturated rings. The van der Waals surface area contributed by atoms with Crippen molar-refractivity contribution in [3.63, 3.8) is 0 Å². The minimum Gasteiger partial charge on any atom is -0.369 e. The van der Waals surface area contributed by atoms with E-state index in [0.29, 0.717) is 18.5 Å². The summed E-state index contributed by atoms with van der Waals surface area (Å²) in [5.41, 5.74) is 9.28. The fourth-order valence-corrected chi connectivity index (χ4v) is 5.97. The molecule has 4 rings (SSSR count). The second-order valence-electron chi connectivity index (χ2n) is 8.54. The van der Waals surface area contributed by atoms with Crippen molar-refractivity contribution in [1.29, 1.82) is 0 Å². The lowest BCUT2D eigenvalue weighted by molar-refractivity contribution is 0.244. The number of guanidine groups is 1. The number of urea groups is 1. The molecule has 0 aromatic heterocycles. The van der Waals surface area contributed by atoms with Gasteiger partial charge in [0.15, 0.2) is 0 Å². The number of fused-ring (bicyclic) bond motifs is 1. The molecule has 0 spiro atoms. The molecule has 33 heavy (non-hydrogen) atoms. The number of aliphatic imine (C=N–C) groups is 1. The number of nitrogens with zero attached hydrogens (tertiary/aromatic N) is 3. The Balaban J connectivity index is 1.58. The van der Waals surface area contributed by atoms with E-state index in [1.807, 2.05) is 50.2 Å². The van der Waals surface area contributed by atoms with E-state index in [0.717, 1.165) is 16.8 Å². The van der Waals surface area contributed by atoms with Crippen LogP contribution in [-0.4, -0.2) is 43.8 Å². The first-order chi connectivity index (χ1) is 15.7. The van der Waals surface area contributed by atoms with E-state index in [9.17, 15) is 13.2 Å². The fraction of sp³-hybridized carbons (Fsp3) is 0.333. The molecule has 0 saturated carbocycles. The smallest absolute Gasteiger partial charge is 0.322 e. The van der Waals surface area contributed by atoms with Crippen LogP contribution < -0.4 is 16.0 Å². The zero-order valence-corrected chi connectivity index (χ0v) is 19.6. The second-order valence-corrected chi connectivity index (χ2v) is 10.5. The summed E-state index contributed by atoms with van der Waals surface area (Å²) < 4.78 is 28.3. The number of hydrogen-bond donors (Lipinski definition) is 2. The van der Waals surface area contributed by atoms with Gasteiger partial charge in [-0.15, -0.1) is 6.58 Å². The lowest BCUT2D eigenvalue weighted by Gasteiger charge is -2.25. The predicted molar refractivity (Wildman–Crippen MR) is 131 cm³/mol. The summed E-state index contributed by atoms with van der Waals surface area (Å²) in [5.74, 6) is -0.0200. The zero-order chi connectivity index (χ0) is 23.8. The van der Waals surface area contributed by atoms with E-state index in [1.54, 1.807) is 17.0 Å². The maximum Gasteiger partial charge on any atom is 0.322 e. The Morgan fingerprint density at radius 2 is 1.97 bits per heavy atom. The highest BCUT2D eigenvalue weighted by molar-refractivity contribution is 7.90. The van der Waals surface area contributed by atoms with Gasteiger partial charge in [0.05, 0.1) is 12.6 Å². The molecule has 2 aromatic rings. The standard InChI is InChI=1S/C24H29N5O3S/c1-4-22(19-10-11-21-18(14-19)12-13-28(21)24(30)26-16(2)3)33(31,32)29-15-20(27-23(29)25)17-8-6-5-7-9-17/h4-11,14,16,20,22H,1,12-13,15H2,2-3H3,(H2,25,27)(H,26,30). The van der Waals surface area contributed by atoms with Crippen LogP contribution in [0.15, 0.2) is 66.2 Å². The van der Waals surface area contributed by atoms with E-state index >= 15 is 0 Å². The molecule has 0 bridgehead atoms. The Kier molecular flexibility index (Phi) is 6.16. The van der Waals surface area contributed by atoms with Crippen molar-refractivity contribution in [2.75, 3.05) is 18.0 Å². The van der Waals surface area contributed by atoms with Crippen molar-refractivity contribution < 1.29 is 13.2 Å². The Morgan fingerprint density at radius 1 is 1.24 bits per heavy atom. The largest absolute Gasteiger partial charge is 0.369 e. The number of carbonyl (C=O) groups is 1. The van der Waals surface area contributed by atoms with E-state index in [1.165, 1.54) is 10.4 Å². The van der Waals surface area contributed by atoms with E-state index in [-0.39, 0.29) is 30.6 Å². The molecular weight excluding hydrogens is 438 g/mol. The van der Waals surface area contributed by atoms with Crippen LogP contribution in [0.2, 0.25) is 0 Å². The molecule has 3 N–H and O–H groups in total. The van der Waals surface area contributed by atoms with Crippen LogP contribution >= 0.6 is 0 Å². The number of hydrogen-bond acceptors (Lipinski definition) is 5. The molecule has 2 unspecified atom stereocenters. The third kappa shape index (κ3) is 4.32. The number of rotatable bonds is 6. The van der Waals surface area contributed by atoms with E-state index in [2.05, 4.69) is 16.9 Å². The summed E-state index contributed by atoms with van der Waals surface area (Å²) in [6.07, 6.45) is 2.07. The van der Waals surface area contributed by atoms with E-state index < -0.39 is 15.3 Å². The number of anilines is 1. The third-order valence-corrected chi connectivity index (χ3v) is 7.95. The van der Waals surface area contributed by atoms with Crippen molar-refractivity contribution in [1.82, 2.24) is 9.62 Å². The second kappa shape index (κ2) is 8.90. The average molecular weight is 468 g/mol. The SMILES string of the molecule is C=CC(c1ccc2c(c1)CCN2C(=O)NC(C)C)S(=O)(=O)N1CC(c2ccccc2)N=C1N. The molecule has 8 nitrogen and oxygen atoms in total. The van der Waals surface area contributed by atoms with Gasteiger partial charge in [0, 0.05) is 18.3 Å². The van der Waals surface area contributed by atoms with Crippen molar-refractivity contribution in [3.05, 3.63) is 77.9 Å². The average Bonchev–Trinajstić information content (AvgIpc) is 3.38. The quantitative estimate of drug-likeness (QED) is 0.637. The molecule has 0 aliphatic carbocycles. The summed E-state index contributed by atoms with van der Waals surface area (Å²) in [5, 5.41) is 1.92. The first kappa shape index (κ1) is 22.8. The fourth-order valence-electron chi connectivity index (χ4n) is 4.31. The number of benzene rings is 2. The molecule has 2 aromatic carbocycles. The van der Waals surface area contributed by atoms with Gasteiger partial charge in [0.1, 0.15) is 5.25 Å². The number of sulfonamides is 1. The van der Waals surface area contributed by atoms with Crippen molar-refractivity contribution in [3.8, 4) is 0 Å². The minimum absolute atomic E-state index is 0.0200. The van der Waals surface area contributed by atoms with Gasteiger partial charge in [0.2, 0.25) is 16.0 Å². The summed E-state index contributed by atoms with van der Waals surface area (Å²) in [6, 6.07) is 14.4. The van der Waals surface area contributed by atoms with Crippen LogP contribution in [0.4, 0.5) is 10.5 Å². The molecule has 9 heteroatoms. The van der Waals surface area contributed by atoms with Gasteiger partial charge in [-0.1, -0.05) is 48.5 Å². The molecule has 2 atom stereocenters. The van der Waals surface area contributed by atoms with Crippen molar-refractivity contribution >= 4 is 27.7 Å². The highest BCUT2D eigenvalue weighted by atomic mass is 32.2. The van der Waals surface area contributed by atoms with Gasteiger partial charge in [-0.2, -0.15) is 0 Å². The third-order valence-electron chi connectivity index (χ3n) is 5.89. The molecule has 2 amide bonds. The van der Waals surface area contributed by atoms with Gasteiger partial charge < -0.3 is 11.1 Å². The number of nitrogens with two attached hydrogens (primary N) is 1. The van der Waals surface area contributed by atoms with Crippen LogP contribution in [0.1, 0.15) is 41.8 Å². The van der Waals surface area contributed by atoms with Crippen molar-refractivity contribution in [2.24, 2.45) is 10.7 Å². The molecule has 0 radical (unpaired) electrons. The summed E-state index contributed by atoms with van der Waals surface area (Å²) in [4.78, 5) is 18.5. The molecule has 2 aliphatic rings. The predicted octanol–water partition coefficient (Wildman–Crippen LogP) is 3.10. The van der Waals surface area contributed by atoms with Gasteiger partial charge in [-0.05, 0) is 43.0 Å². The highest BCUT2D eigenvalue weighted by Crippen LogP contribution is 2.36. The van der Waals surface area contributed by atoms with Gasteiger partial charge >= 0.3 is 6.03 Å². The van der Waals surface area contributed by atoms with Crippen LogP contribution in [0.25, 0.3) is 0 Å². The molecule has 174 valence electrons. The monoisotopic (exact) mass is 467 g/mol. The van der Waals surface area contributed by atoms with Crippen LogP contribution in [0.5, 0.6) is 0 Å². The van der Waals surface area contributed by atoms with Crippen LogP contribution in [-0.2, 0) is 16.4 Å². The molecule has 2 aliphatic heterocycles. The van der Waals surface area contributed by atoms with Gasteiger partial charge in [-0.3, -0.25) is 4.90 Å². The number of amides is 2. The van der Waals surface area contributed by atoms with Crippen LogP contribution in [0, 0.1) is 0 Å². The zero-order valence-electron chi connectivity index (χ0n) is 18.8. The first-order valence-electron chi connectivity index (χ1n) is 11.0. The number of nitrogens with one attached hydrogen (secondary N) is 1. The minimum atomic E-state index is -3.89. The maximum atomic E-state index is 13.6. The molecule has 2 heterocycles. The first-order valence-corrected chi connectivity index (χ1v) is 12.5. The highest BCUT2D eigenvalue weighted by Gasteiger charge is 2.38. The normalized spacial score (nSPS) is 18.8. The lowest BCUT2D eigenvalue weighted by Crippen LogP contribution is -2.42. The maximum absolute atomic E-state index is 13.6. The lowest BCUT2D eigenvalue weighted by atomic mass is 10.1. The van der Waals surface area contributed by atoms with E-state index in [4.69, 9.17) is 5.73 Å². The topological polar surface area (TPSA) is 108 Å². The summed E-state index contributed by atoms with van der Waals surface area (Å²) in [6.45, 7) is 8.30. The Morgan fingerprint density at radius 3 is 2.64 bits per heavy atom. The van der Waals surface area contributed by atoms with Gasteiger partial charge in [-0.25, -0.2) is 22.5 Å². The molecule has 0 saturated heterocycles. The molecular formula is C24H29N5O3S. The Hall–Kier alpha value is -3.33. The summed E-state index contributed by atoms with van der Waals surface area (Å²) in [7, 11) is -3.89. The van der Waals surface area contributed by atoms with Crippen LogP contribution in [0.3, 0.4) is 0 Å². The number of carbonyl (C=O) groups excluding carboxylic acids is 1. The van der Waals surface area contributed by atoms with Gasteiger partial charge in [0.25, 0.3) is 0 Å². The Bertz CT molecular complexity index is 1190. The summed E-state index contributed by atoms with van der Waals surface area (Å²) >= 11 is 0.